The average molecular weight is 263 g/mol. The number of nitrogens with one attached hydrogen (secondary N) is 1. The molecule has 6 nitrogen and oxygen atoms in total. The fourth-order valence-corrected chi connectivity index (χ4v) is 1.92. The summed E-state index contributed by atoms with van der Waals surface area (Å²) in [6.45, 7) is 1.90. The maximum Gasteiger partial charge on any atom is 0.267 e. The predicted molar refractivity (Wildman–Crippen MR) is 69.5 cm³/mol. The van der Waals surface area contributed by atoms with Gasteiger partial charge in [0.15, 0.2) is 0 Å². The molecule has 0 bridgehead atoms. The van der Waals surface area contributed by atoms with Crippen LogP contribution in [0.25, 0.3) is 0 Å². The highest BCUT2D eigenvalue weighted by molar-refractivity contribution is 6.39. The maximum atomic E-state index is 12.0. The van der Waals surface area contributed by atoms with Gasteiger partial charge in [-0.05, 0) is 19.1 Å². The molecule has 6 heteroatoms. The van der Waals surface area contributed by atoms with Crippen molar-refractivity contribution in [2.75, 3.05) is 7.05 Å². The number of rotatable bonds is 4. The minimum absolute atomic E-state index is 0.0516. The van der Waals surface area contributed by atoms with Gasteiger partial charge in [0, 0.05) is 32.4 Å². The van der Waals surface area contributed by atoms with Crippen molar-refractivity contribution >= 4 is 17.5 Å². The van der Waals surface area contributed by atoms with Gasteiger partial charge < -0.3 is 9.73 Å². The number of amides is 2. The average Bonchev–Trinajstić information content (AvgIpc) is 2.85. The number of hydrogen-bond acceptors (Lipinski definition) is 4. The van der Waals surface area contributed by atoms with Crippen LogP contribution in [0.1, 0.15) is 25.5 Å². The summed E-state index contributed by atoms with van der Waals surface area (Å²) in [6, 6.07) is 3.63. The summed E-state index contributed by atoms with van der Waals surface area (Å²) >= 11 is 0. The molecule has 2 heterocycles. The standard InChI is InChI=1S/C13H17N3O3/c1-9(8-10-4-3-7-19-10)14-13(18)11-5-6-12(17)16(2)15-11/h3-4,7,9H,5-6,8H2,1-2H3,(H,14,18). The number of furan rings is 1. The molecular weight excluding hydrogens is 246 g/mol. The van der Waals surface area contributed by atoms with Gasteiger partial charge in [0.1, 0.15) is 11.5 Å². The molecule has 2 amide bonds. The largest absolute Gasteiger partial charge is 0.469 e. The molecule has 0 spiro atoms. The molecule has 2 rings (SSSR count). The molecule has 0 aromatic carbocycles. The van der Waals surface area contributed by atoms with Crippen LogP contribution in [0, 0.1) is 0 Å². The minimum Gasteiger partial charge on any atom is -0.469 e. The zero-order valence-corrected chi connectivity index (χ0v) is 11.0. The van der Waals surface area contributed by atoms with Crippen molar-refractivity contribution in [3.8, 4) is 0 Å². The highest BCUT2D eigenvalue weighted by atomic mass is 16.3. The molecule has 1 atom stereocenters. The van der Waals surface area contributed by atoms with Gasteiger partial charge in [0.2, 0.25) is 5.91 Å². The van der Waals surface area contributed by atoms with E-state index in [0.29, 0.717) is 25.0 Å². The Balaban J connectivity index is 1.90. The molecule has 1 N–H and O–H groups in total. The van der Waals surface area contributed by atoms with E-state index in [1.165, 1.54) is 5.01 Å². The number of hydrogen-bond donors (Lipinski definition) is 1. The minimum atomic E-state index is -0.224. The maximum absolute atomic E-state index is 12.0. The first-order chi connectivity index (χ1) is 9.06. The van der Waals surface area contributed by atoms with E-state index in [1.54, 1.807) is 13.3 Å². The summed E-state index contributed by atoms with van der Waals surface area (Å²) in [5, 5.41) is 8.05. The Morgan fingerprint density at radius 2 is 2.37 bits per heavy atom. The van der Waals surface area contributed by atoms with E-state index in [4.69, 9.17) is 4.42 Å². The molecule has 1 unspecified atom stereocenters. The van der Waals surface area contributed by atoms with Crippen molar-refractivity contribution in [1.29, 1.82) is 0 Å². The third kappa shape index (κ3) is 3.43. The van der Waals surface area contributed by atoms with Crippen LogP contribution in [0.4, 0.5) is 0 Å². The Bertz CT molecular complexity index is 493. The SMILES string of the molecule is CC(Cc1ccco1)NC(=O)C1=NN(C)C(=O)CC1. The summed E-state index contributed by atoms with van der Waals surface area (Å²) in [7, 11) is 1.56. The Morgan fingerprint density at radius 3 is 3.00 bits per heavy atom. The molecule has 0 radical (unpaired) electrons. The summed E-state index contributed by atoms with van der Waals surface area (Å²) in [5.74, 6) is 0.532. The fraction of sp³-hybridized carbons (Fsp3) is 0.462. The van der Waals surface area contributed by atoms with E-state index in [1.807, 2.05) is 19.1 Å². The molecule has 0 aliphatic carbocycles. The second-order valence-corrected chi connectivity index (χ2v) is 4.62. The van der Waals surface area contributed by atoms with Gasteiger partial charge in [-0.25, -0.2) is 5.01 Å². The zero-order valence-electron chi connectivity index (χ0n) is 11.0. The predicted octanol–water partition coefficient (Wildman–Crippen LogP) is 0.935. The van der Waals surface area contributed by atoms with Gasteiger partial charge in [0.05, 0.1) is 6.26 Å². The molecular formula is C13H17N3O3. The van der Waals surface area contributed by atoms with Gasteiger partial charge in [-0.3, -0.25) is 9.59 Å². The van der Waals surface area contributed by atoms with Crippen LogP contribution in [0.5, 0.6) is 0 Å². The van der Waals surface area contributed by atoms with Crippen LogP contribution in [-0.2, 0) is 16.0 Å². The summed E-state index contributed by atoms with van der Waals surface area (Å²) < 4.78 is 5.23. The Morgan fingerprint density at radius 1 is 1.58 bits per heavy atom. The molecule has 1 aliphatic heterocycles. The van der Waals surface area contributed by atoms with Gasteiger partial charge >= 0.3 is 0 Å². The fourth-order valence-electron chi connectivity index (χ4n) is 1.92. The molecule has 19 heavy (non-hydrogen) atoms. The van der Waals surface area contributed by atoms with Crippen LogP contribution in [-0.4, -0.2) is 35.6 Å². The topological polar surface area (TPSA) is 74.9 Å². The normalized spacial score (nSPS) is 17.1. The first-order valence-corrected chi connectivity index (χ1v) is 6.23. The third-order valence-corrected chi connectivity index (χ3v) is 2.93. The Kier molecular flexibility index (Phi) is 3.99. The summed E-state index contributed by atoms with van der Waals surface area (Å²) in [5.41, 5.74) is 0.397. The highest BCUT2D eigenvalue weighted by Crippen LogP contribution is 2.08. The number of hydrazone groups is 1. The molecule has 1 aliphatic rings. The van der Waals surface area contributed by atoms with E-state index >= 15 is 0 Å². The second kappa shape index (κ2) is 5.69. The molecule has 102 valence electrons. The second-order valence-electron chi connectivity index (χ2n) is 4.62. The highest BCUT2D eigenvalue weighted by Gasteiger charge is 2.22. The van der Waals surface area contributed by atoms with E-state index < -0.39 is 0 Å². The first-order valence-electron chi connectivity index (χ1n) is 6.23. The van der Waals surface area contributed by atoms with E-state index in [9.17, 15) is 9.59 Å². The van der Waals surface area contributed by atoms with Gasteiger partial charge in [0.25, 0.3) is 5.91 Å². The molecule has 1 aromatic heterocycles. The molecule has 1 aromatic rings. The lowest BCUT2D eigenvalue weighted by atomic mass is 10.1. The smallest absolute Gasteiger partial charge is 0.267 e. The van der Waals surface area contributed by atoms with Gasteiger partial charge in [-0.1, -0.05) is 0 Å². The quantitative estimate of drug-likeness (QED) is 0.878. The lowest BCUT2D eigenvalue weighted by Crippen LogP contribution is -2.42. The molecule has 0 saturated carbocycles. The Labute approximate surface area is 111 Å². The van der Waals surface area contributed by atoms with Gasteiger partial charge in [-0.2, -0.15) is 5.10 Å². The monoisotopic (exact) mass is 263 g/mol. The first kappa shape index (κ1) is 13.3. The lowest BCUT2D eigenvalue weighted by molar-refractivity contribution is -0.130. The molecule has 0 fully saturated rings. The summed E-state index contributed by atoms with van der Waals surface area (Å²) in [4.78, 5) is 23.2. The van der Waals surface area contributed by atoms with Crippen molar-refractivity contribution in [3.05, 3.63) is 24.2 Å². The number of carbonyl (C=O) groups is 2. The van der Waals surface area contributed by atoms with Crippen molar-refractivity contribution < 1.29 is 14.0 Å². The van der Waals surface area contributed by atoms with E-state index in [0.717, 1.165) is 5.76 Å². The lowest BCUT2D eigenvalue weighted by Gasteiger charge is -2.20. The van der Waals surface area contributed by atoms with Crippen LogP contribution in [0.2, 0.25) is 0 Å². The van der Waals surface area contributed by atoms with E-state index in [-0.39, 0.29) is 17.9 Å². The van der Waals surface area contributed by atoms with Crippen molar-refractivity contribution in [2.45, 2.75) is 32.2 Å². The number of nitrogens with zero attached hydrogens (tertiary/aromatic N) is 2. The number of carbonyl (C=O) groups excluding carboxylic acids is 2. The van der Waals surface area contributed by atoms with Crippen molar-refractivity contribution in [3.63, 3.8) is 0 Å². The van der Waals surface area contributed by atoms with Crippen molar-refractivity contribution in [2.24, 2.45) is 5.10 Å². The van der Waals surface area contributed by atoms with Crippen LogP contribution < -0.4 is 5.32 Å². The van der Waals surface area contributed by atoms with Crippen molar-refractivity contribution in [1.82, 2.24) is 10.3 Å². The summed E-state index contributed by atoms with van der Waals surface area (Å²) in [6.07, 6.45) is 2.95. The van der Waals surface area contributed by atoms with Crippen LogP contribution in [0.15, 0.2) is 27.9 Å². The van der Waals surface area contributed by atoms with Crippen LogP contribution in [0.3, 0.4) is 0 Å². The molecule has 0 saturated heterocycles. The van der Waals surface area contributed by atoms with Gasteiger partial charge in [-0.15, -0.1) is 0 Å². The van der Waals surface area contributed by atoms with Crippen LogP contribution >= 0.6 is 0 Å². The third-order valence-electron chi connectivity index (χ3n) is 2.93. The zero-order chi connectivity index (χ0) is 13.8. The Hall–Kier alpha value is -2.11. The van der Waals surface area contributed by atoms with E-state index in [2.05, 4.69) is 10.4 Å².